The minimum atomic E-state index is -0.960. The highest BCUT2D eigenvalue weighted by Gasteiger charge is 2.44. The van der Waals surface area contributed by atoms with Gasteiger partial charge in [-0.1, -0.05) is 24.3 Å². The summed E-state index contributed by atoms with van der Waals surface area (Å²) in [5.41, 5.74) is 1.98. The molecule has 0 aliphatic carbocycles. The van der Waals surface area contributed by atoms with Crippen molar-refractivity contribution >= 4 is 23.8 Å². The number of urea groups is 1. The second kappa shape index (κ2) is 6.38. The van der Waals surface area contributed by atoms with E-state index in [1.165, 1.54) is 0 Å². The molecule has 1 aromatic carbocycles. The highest BCUT2D eigenvalue weighted by atomic mass is 16.2. The van der Waals surface area contributed by atoms with E-state index in [1.807, 2.05) is 31.2 Å². The Balaban J connectivity index is 1.95. The number of rotatable bonds is 5. The summed E-state index contributed by atoms with van der Waals surface area (Å²) in [4.78, 5) is 48.5. The van der Waals surface area contributed by atoms with Gasteiger partial charge >= 0.3 is 17.8 Å². The van der Waals surface area contributed by atoms with E-state index in [-0.39, 0.29) is 6.54 Å². The number of nitrogens with zero attached hydrogens (tertiary/aromatic N) is 2. The van der Waals surface area contributed by atoms with Crippen LogP contribution in [0.4, 0.5) is 4.79 Å². The molecule has 1 N–H and O–H groups in total. The van der Waals surface area contributed by atoms with Crippen LogP contribution in [0.5, 0.6) is 0 Å². The zero-order chi connectivity index (χ0) is 16.3. The van der Waals surface area contributed by atoms with Crippen molar-refractivity contribution in [2.24, 2.45) is 0 Å². The third kappa shape index (κ3) is 2.98. The zero-order valence-corrected chi connectivity index (χ0v) is 12.5. The molecule has 1 fully saturated rings. The Kier molecular flexibility index (Phi) is 4.55. The molecule has 0 atom stereocenters. The minimum Gasteiger partial charge on any atom is -0.350 e. The number of benzene rings is 1. The lowest BCUT2D eigenvalue weighted by molar-refractivity contribution is -0.143. The van der Waals surface area contributed by atoms with Gasteiger partial charge in [-0.05, 0) is 25.0 Å². The molecule has 1 aromatic rings. The monoisotopic (exact) mass is 303 g/mol. The maximum Gasteiger partial charge on any atom is 0.334 e. The molecule has 1 aliphatic heterocycles. The maximum atomic E-state index is 11.9. The van der Waals surface area contributed by atoms with Crippen molar-refractivity contribution < 1.29 is 19.2 Å². The summed E-state index contributed by atoms with van der Waals surface area (Å²) in [6.45, 7) is 3.46. The standard InChI is InChI=1S/C15H17N3O4/c1-3-17-13(20)14(21)18(15(17)22)9-12(19)16-8-11-7-5-4-6-10(11)2/h4-7H,3,8-9H2,1-2H3,(H,16,19). The Bertz CT molecular complexity index is 641. The molecule has 0 saturated carbocycles. The van der Waals surface area contributed by atoms with Gasteiger partial charge in [0.15, 0.2) is 0 Å². The number of amides is 5. The largest absolute Gasteiger partial charge is 0.350 e. The first-order valence-electron chi connectivity index (χ1n) is 6.94. The number of imide groups is 2. The first-order valence-corrected chi connectivity index (χ1v) is 6.94. The lowest BCUT2D eigenvalue weighted by Gasteiger charge is -2.14. The number of nitrogens with one attached hydrogen (secondary N) is 1. The molecule has 22 heavy (non-hydrogen) atoms. The van der Waals surface area contributed by atoms with Crippen molar-refractivity contribution in [3.8, 4) is 0 Å². The van der Waals surface area contributed by atoms with E-state index in [9.17, 15) is 19.2 Å². The van der Waals surface area contributed by atoms with Crippen molar-refractivity contribution in [3.63, 3.8) is 0 Å². The summed E-state index contributed by atoms with van der Waals surface area (Å²) >= 11 is 0. The van der Waals surface area contributed by atoms with E-state index < -0.39 is 30.3 Å². The van der Waals surface area contributed by atoms with Gasteiger partial charge < -0.3 is 5.32 Å². The summed E-state index contributed by atoms with van der Waals surface area (Å²) in [6, 6.07) is 6.81. The van der Waals surface area contributed by atoms with Crippen molar-refractivity contribution in [3.05, 3.63) is 35.4 Å². The number of carbonyl (C=O) groups is 4. The Morgan fingerprint density at radius 1 is 1.09 bits per heavy atom. The summed E-state index contributed by atoms with van der Waals surface area (Å²) in [7, 11) is 0. The normalized spacial score (nSPS) is 14.7. The molecule has 7 nitrogen and oxygen atoms in total. The van der Waals surface area contributed by atoms with Crippen LogP contribution in [0.3, 0.4) is 0 Å². The lowest BCUT2D eigenvalue weighted by atomic mass is 10.1. The van der Waals surface area contributed by atoms with Crippen LogP contribution < -0.4 is 5.32 Å². The molecular formula is C15H17N3O4. The molecule has 7 heteroatoms. The average Bonchev–Trinajstić information content (AvgIpc) is 2.70. The van der Waals surface area contributed by atoms with Crippen molar-refractivity contribution in [1.82, 2.24) is 15.1 Å². The maximum absolute atomic E-state index is 11.9. The van der Waals surface area contributed by atoms with E-state index >= 15 is 0 Å². The van der Waals surface area contributed by atoms with Gasteiger partial charge in [-0.25, -0.2) is 9.69 Å². The van der Waals surface area contributed by atoms with Crippen LogP contribution in [0.1, 0.15) is 18.1 Å². The number of likely N-dealkylation sites (N-methyl/N-ethyl adjacent to an activating group) is 1. The van der Waals surface area contributed by atoms with Gasteiger partial charge in [0, 0.05) is 13.1 Å². The smallest absolute Gasteiger partial charge is 0.334 e. The fourth-order valence-corrected chi connectivity index (χ4v) is 2.17. The number of hydrogen-bond acceptors (Lipinski definition) is 4. The highest BCUT2D eigenvalue weighted by molar-refractivity contribution is 6.45. The van der Waals surface area contributed by atoms with Crippen molar-refractivity contribution in [2.45, 2.75) is 20.4 Å². The minimum absolute atomic E-state index is 0.102. The van der Waals surface area contributed by atoms with E-state index in [2.05, 4.69) is 5.32 Å². The van der Waals surface area contributed by atoms with E-state index in [1.54, 1.807) is 6.92 Å². The van der Waals surface area contributed by atoms with Gasteiger partial charge in [0.25, 0.3) is 0 Å². The van der Waals surface area contributed by atoms with Crippen LogP contribution in [-0.4, -0.2) is 46.6 Å². The van der Waals surface area contributed by atoms with Crippen molar-refractivity contribution in [2.75, 3.05) is 13.1 Å². The predicted molar refractivity (Wildman–Crippen MR) is 77.5 cm³/mol. The van der Waals surface area contributed by atoms with E-state index in [0.717, 1.165) is 16.0 Å². The van der Waals surface area contributed by atoms with Gasteiger partial charge in [-0.15, -0.1) is 0 Å². The van der Waals surface area contributed by atoms with E-state index in [4.69, 9.17) is 0 Å². The van der Waals surface area contributed by atoms with Crippen LogP contribution in [0, 0.1) is 6.92 Å². The molecule has 116 valence electrons. The van der Waals surface area contributed by atoms with Gasteiger partial charge in [0.1, 0.15) is 6.54 Å². The molecule has 5 amide bonds. The fourth-order valence-electron chi connectivity index (χ4n) is 2.17. The third-order valence-electron chi connectivity index (χ3n) is 3.49. The van der Waals surface area contributed by atoms with Crippen LogP contribution in [0.25, 0.3) is 0 Å². The zero-order valence-electron chi connectivity index (χ0n) is 12.5. The summed E-state index contributed by atoms with van der Waals surface area (Å²) in [5, 5.41) is 2.64. The quantitative estimate of drug-likeness (QED) is 0.631. The molecular weight excluding hydrogens is 286 g/mol. The molecule has 2 rings (SSSR count). The van der Waals surface area contributed by atoms with Crippen molar-refractivity contribution in [1.29, 1.82) is 0 Å². The predicted octanol–water partition coefficient (Wildman–Crippen LogP) is 0.422. The Morgan fingerprint density at radius 3 is 2.32 bits per heavy atom. The van der Waals surface area contributed by atoms with Gasteiger partial charge in [-0.2, -0.15) is 0 Å². The molecule has 1 heterocycles. The molecule has 0 aromatic heterocycles. The molecule has 0 bridgehead atoms. The van der Waals surface area contributed by atoms with Crippen LogP contribution in [-0.2, 0) is 20.9 Å². The second-order valence-corrected chi connectivity index (χ2v) is 4.93. The number of carbonyl (C=O) groups excluding carboxylic acids is 4. The van der Waals surface area contributed by atoms with Gasteiger partial charge in [-0.3, -0.25) is 19.3 Å². The topological polar surface area (TPSA) is 86.8 Å². The first-order chi connectivity index (χ1) is 10.5. The third-order valence-corrected chi connectivity index (χ3v) is 3.49. The first kappa shape index (κ1) is 15.7. The Labute approximate surface area is 127 Å². The van der Waals surface area contributed by atoms with Crippen LogP contribution in [0.15, 0.2) is 24.3 Å². The highest BCUT2D eigenvalue weighted by Crippen LogP contribution is 2.11. The summed E-state index contributed by atoms with van der Waals surface area (Å²) in [5.74, 6) is -2.34. The fraction of sp³-hybridized carbons (Fsp3) is 0.333. The molecule has 1 aliphatic rings. The molecule has 0 spiro atoms. The number of hydrogen-bond donors (Lipinski definition) is 1. The molecule has 0 radical (unpaired) electrons. The Morgan fingerprint density at radius 2 is 1.73 bits per heavy atom. The van der Waals surface area contributed by atoms with Crippen LogP contribution >= 0.6 is 0 Å². The SMILES string of the molecule is CCN1C(=O)C(=O)N(CC(=O)NCc2ccccc2C)C1=O. The van der Waals surface area contributed by atoms with E-state index in [0.29, 0.717) is 11.4 Å². The van der Waals surface area contributed by atoms with Crippen LogP contribution in [0.2, 0.25) is 0 Å². The second-order valence-electron chi connectivity index (χ2n) is 4.93. The van der Waals surface area contributed by atoms with Gasteiger partial charge in [0.2, 0.25) is 5.91 Å². The Hall–Kier alpha value is -2.70. The summed E-state index contributed by atoms with van der Waals surface area (Å²) in [6.07, 6.45) is 0. The average molecular weight is 303 g/mol. The number of aryl methyl sites for hydroxylation is 1. The van der Waals surface area contributed by atoms with Gasteiger partial charge in [0.05, 0.1) is 0 Å². The summed E-state index contributed by atoms with van der Waals surface area (Å²) < 4.78 is 0. The lowest BCUT2D eigenvalue weighted by Crippen LogP contribution is -2.41. The molecule has 1 saturated heterocycles. The molecule has 0 unspecified atom stereocenters.